The Kier molecular flexibility index (Phi) is 6.25. The average molecular weight is 393 g/mol. The van der Waals surface area contributed by atoms with Crippen LogP contribution in [0, 0.1) is 0 Å². The fraction of sp³-hybridized carbons (Fsp3) is 0.467. The van der Waals surface area contributed by atoms with Gasteiger partial charge in [-0.05, 0) is 37.5 Å². The maximum atomic E-state index is 12.4. The molecule has 1 amide bonds. The van der Waals surface area contributed by atoms with Crippen molar-refractivity contribution in [3.8, 4) is 0 Å². The molecule has 1 atom stereocenters. The number of Topliss-reactive ketones (excluding diaryl/α,β-unsaturated/α-hetero) is 1. The summed E-state index contributed by atoms with van der Waals surface area (Å²) < 4.78 is 27.2. The van der Waals surface area contributed by atoms with Gasteiger partial charge in [0, 0.05) is 6.04 Å². The van der Waals surface area contributed by atoms with Gasteiger partial charge in [0.25, 0.3) is 5.91 Å². The van der Waals surface area contributed by atoms with Gasteiger partial charge in [0.2, 0.25) is 15.8 Å². The predicted octanol–water partition coefficient (Wildman–Crippen LogP) is 2.29. The van der Waals surface area contributed by atoms with Crippen LogP contribution in [0.1, 0.15) is 32.6 Å². The Morgan fingerprint density at radius 2 is 1.92 bits per heavy atom. The molecule has 1 aromatic carbocycles. The summed E-state index contributed by atoms with van der Waals surface area (Å²) in [4.78, 5) is 24.0. The monoisotopic (exact) mass is 392 g/mol. The Balaban J connectivity index is 2.16. The molecule has 2 rings (SSSR count). The summed E-state index contributed by atoms with van der Waals surface area (Å²) in [7, 11) is -4.01. The van der Waals surface area contributed by atoms with E-state index < -0.39 is 27.8 Å². The van der Waals surface area contributed by atoms with Gasteiger partial charge in [-0.2, -0.15) is 0 Å². The van der Waals surface area contributed by atoms with E-state index >= 15 is 0 Å². The first-order valence-corrected chi connectivity index (χ1v) is 9.80. The van der Waals surface area contributed by atoms with Gasteiger partial charge in [0.15, 0.2) is 0 Å². The number of benzene rings is 1. The van der Waals surface area contributed by atoms with Gasteiger partial charge in [0.05, 0.1) is 21.0 Å². The number of carbonyl (C=O) groups is 2. The lowest BCUT2D eigenvalue weighted by molar-refractivity contribution is -0.139. The summed E-state index contributed by atoms with van der Waals surface area (Å²) in [5.74, 6) is -1.54. The summed E-state index contributed by atoms with van der Waals surface area (Å²) in [6.45, 7) is 1.80. The Morgan fingerprint density at radius 3 is 2.46 bits per heavy atom. The SMILES string of the molecule is CCC[C@H](NS(=O)(=O)c1ccc(Cl)c(Cl)c1)C(=O)C(=O)NC1CC1. The molecule has 0 radical (unpaired) electrons. The largest absolute Gasteiger partial charge is 0.347 e. The van der Waals surface area contributed by atoms with E-state index in [1.165, 1.54) is 18.2 Å². The maximum absolute atomic E-state index is 12.4. The van der Waals surface area contributed by atoms with Crippen molar-refractivity contribution in [2.24, 2.45) is 0 Å². The minimum absolute atomic E-state index is 0.0235. The van der Waals surface area contributed by atoms with Crippen LogP contribution in [-0.2, 0) is 19.6 Å². The van der Waals surface area contributed by atoms with Crippen LogP contribution in [0.15, 0.2) is 23.1 Å². The lowest BCUT2D eigenvalue weighted by Gasteiger charge is -2.17. The molecule has 24 heavy (non-hydrogen) atoms. The van der Waals surface area contributed by atoms with Crippen molar-refractivity contribution in [2.45, 2.75) is 49.6 Å². The number of carbonyl (C=O) groups excluding carboxylic acids is 2. The molecule has 9 heteroatoms. The number of ketones is 1. The van der Waals surface area contributed by atoms with Gasteiger partial charge in [-0.15, -0.1) is 0 Å². The molecule has 0 bridgehead atoms. The minimum Gasteiger partial charge on any atom is -0.347 e. The normalized spacial score (nSPS) is 15.8. The number of nitrogens with one attached hydrogen (secondary N) is 2. The second-order valence-corrected chi connectivity index (χ2v) is 8.18. The van der Waals surface area contributed by atoms with E-state index in [1.54, 1.807) is 6.92 Å². The second kappa shape index (κ2) is 7.82. The molecular formula is C15H18Cl2N2O4S. The van der Waals surface area contributed by atoms with Crippen LogP contribution < -0.4 is 10.0 Å². The van der Waals surface area contributed by atoms with Crippen molar-refractivity contribution < 1.29 is 18.0 Å². The van der Waals surface area contributed by atoms with Crippen LogP contribution >= 0.6 is 23.2 Å². The van der Waals surface area contributed by atoms with Crippen molar-refractivity contribution in [2.75, 3.05) is 0 Å². The van der Waals surface area contributed by atoms with Crippen LogP contribution in [0.4, 0.5) is 0 Å². The van der Waals surface area contributed by atoms with Crippen molar-refractivity contribution in [3.05, 3.63) is 28.2 Å². The summed E-state index contributed by atoms with van der Waals surface area (Å²) >= 11 is 11.6. The van der Waals surface area contributed by atoms with E-state index in [0.29, 0.717) is 6.42 Å². The third-order valence-corrected chi connectivity index (χ3v) is 5.74. The smallest absolute Gasteiger partial charge is 0.289 e. The highest BCUT2D eigenvalue weighted by molar-refractivity contribution is 7.89. The number of hydrogen-bond acceptors (Lipinski definition) is 4. The molecule has 0 spiro atoms. The number of rotatable bonds is 8. The predicted molar refractivity (Wildman–Crippen MR) is 91.7 cm³/mol. The van der Waals surface area contributed by atoms with Crippen LogP contribution in [0.2, 0.25) is 10.0 Å². The summed E-state index contributed by atoms with van der Waals surface area (Å²) in [5, 5.41) is 2.88. The third kappa shape index (κ3) is 4.92. The zero-order chi connectivity index (χ0) is 17.9. The first kappa shape index (κ1) is 19.2. The summed E-state index contributed by atoms with van der Waals surface area (Å²) in [6.07, 6.45) is 2.44. The van der Waals surface area contributed by atoms with E-state index in [0.717, 1.165) is 12.8 Å². The molecule has 1 aliphatic rings. The Labute approximate surface area is 151 Å². The van der Waals surface area contributed by atoms with E-state index in [9.17, 15) is 18.0 Å². The fourth-order valence-electron chi connectivity index (χ4n) is 2.07. The second-order valence-electron chi connectivity index (χ2n) is 5.65. The molecule has 0 unspecified atom stereocenters. The summed E-state index contributed by atoms with van der Waals surface area (Å²) in [5.41, 5.74) is 0. The lowest BCUT2D eigenvalue weighted by atomic mass is 10.1. The van der Waals surface area contributed by atoms with Gasteiger partial charge in [-0.3, -0.25) is 9.59 Å². The molecule has 0 saturated heterocycles. The zero-order valence-electron chi connectivity index (χ0n) is 13.0. The molecule has 1 aliphatic carbocycles. The lowest BCUT2D eigenvalue weighted by Crippen LogP contribution is -2.47. The van der Waals surface area contributed by atoms with Crippen LogP contribution in [0.5, 0.6) is 0 Å². The number of amides is 1. The van der Waals surface area contributed by atoms with E-state index in [2.05, 4.69) is 10.0 Å². The minimum atomic E-state index is -4.01. The average Bonchev–Trinajstić information content (AvgIpc) is 3.32. The highest BCUT2D eigenvalue weighted by Gasteiger charge is 2.32. The van der Waals surface area contributed by atoms with Crippen LogP contribution in [0.25, 0.3) is 0 Å². The van der Waals surface area contributed by atoms with Crippen molar-refractivity contribution in [3.63, 3.8) is 0 Å². The number of sulfonamides is 1. The third-order valence-electron chi connectivity index (χ3n) is 3.53. The molecule has 0 heterocycles. The van der Waals surface area contributed by atoms with Crippen molar-refractivity contribution in [1.82, 2.24) is 10.0 Å². The molecule has 132 valence electrons. The summed E-state index contributed by atoms with van der Waals surface area (Å²) in [6, 6.07) is 2.75. The Bertz CT molecular complexity index is 748. The first-order valence-electron chi connectivity index (χ1n) is 7.56. The molecule has 1 saturated carbocycles. The van der Waals surface area contributed by atoms with Crippen molar-refractivity contribution >= 4 is 44.9 Å². The Morgan fingerprint density at radius 1 is 1.25 bits per heavy atom. The van der Waals surface area contributed by atoms with Gasteiger partial charge < -0.3 is 5.32 Å². The van der Waals surface area contributed by atoms with Crippen molar-refractivity contribution in [1.29, 1.82) is 0 Å². The van der Waals surface area contributed by atoms with Gasteiger partial charge in [0.1, 0.15) is 0 Å². The van der Waals surface area contributed by atoms with Gasteiger partial charge in [-0.1, -0.05) is 36.5 Å². The van der Waals surface area contributed by atoms with Gasteiger partial charge in [-0.25, -0.2) is 13.1 Å². The standard InChI is InChI=1S/C15H18Cl2N2O4S/c1-2-3-13(14(20)15(21)18-9-4-5-9)19-24(22,23)10-6-7-11(16)12(17)8-10/h6-9,13,19H,2-5H2,1H3,(H,18,21)/t13-/m0/s1. The maximum Gasteiger partial charge on any atom is 0.289 e. The molecule has 6 nitrogen and oxygen atoms in total. The fourth-order valence-corrected chi connectivity index (χ4v) is 3.69. The van der Waals surface area contributed by atoms with E-state index in [4.69, 9.17) is 23.2 Å². The number of hydrogen-bond donors (Lipinski definition) is 2. The van der Waals surface area contributed by atoms with Crippen LogP contribution in [0.3, 0.4) is 0 Å². The topological polar surface area (TPSA) is 92.3 Å². The molecule has 1 fully saturated rings. The number of halogens is 2. The van der Waals surface area contributed by atoms with E-state index in [-0.39, 0.29) is 27.4 Å². The van der Waals surface area contributed by atoms with Crippen LogP contribution in [-0.4, -0.2) is 32.2 Å². The molecule has 2 N–H and O–H groups in total. The zero-order valence-corrected chi connectivity index (χ0v) is 15.3. The highest BCUT2D eigenvalue weighted by Crippen LogP contribution is 2.25. The molecular weight excluding hydrogens is 375 g/mol. The molecule has 0 aromatic heterocycles. The molecule has 1 aromatic rings. The first-order chi connectivity index (χ1) is 11.2. The Hall–Kier alpha value is -1.15. The van der Waals surface area contributed by atoms with Gasteiger partial charge >= 0.3 is 0 Å². The van der Waals surface area contributed by atoms with E-state index in [1.807, 2.05) is 0 Å². The quantitative estimate of drug-likeness (QED) is 0.663. The highest BCUT2D eigenvalue weighted by atomic mass is 35.5. The molecule has 0 aliphatic heterocycles.